The van der Waals surface area contributed by atoms with Gasteiger partial charge in [-0.05, 0) is 43.9 Å². The Morgan fingerprint density at radius 1 is 1.22 bits per heavy atom. The van der Waals surface area contributed by atoms with Gasteiger partial charge in [0, 0.05) is 18.0 Å². The molecule has 140 valence electrons. The number of thiazole rings is 2. The minimum Gasteiger partial charge on any atom is -0.497 e. The Morgan fingerprint density at radius 3 is 2.89 bits per heavy atom. The van der Waals surface area contributed by atoms with Crippen LogP contribution in [0, 0.1) is 5.92 Å². The number of fused-ring (bicyclic) bond motifs is 2. The second kappa shape index (κ2) is 6.76. The largest absolute Gasteiger partial charge is 0.497 e. The lowest BCUT2D eigenvalue weighted by atomic mass is 10.0. The molecule has 2 aromatic heterocycles. The molecule has 0 atom stereocenters. The van der Waals surface area contributed by atoms with Crippen LogP contribution in [0.25, 0.3) is 10.2 Å². The first-order valence-electron chi connectivity index (χ1n) is 9.18. The lowest BCUT2D eigenvalue weighted by molar-refractivity contribution is -0.120. The molecule has 8 heteroatoms. The van der Waals surface area contributed by atoms with Crippen LogP contribution in [0.5, 0.6) is 5.75 Å². The summed E-state index contributed by atoms with van der Waals surface area (Å²) in [6.45, 7) is 1.40. The van der Waals surface area contributed by atoms with Crippen molar-refractivity contribution in [3.63, 3.8) is 0 Å². The van der Waals surface area contributed by atoms with Crippen molar-refractivity contribution in [2.75, 3.05) is 30.4 Å². The van der Waals surface area contributed by atoms with Gasteiger partial charge >= 0.3 is 0 Å². The topological polar surface area (TPSA) is 67.3 Å². The van der Waals surface area contributed by atoms with Crippen molar-refractivity contribution in [2.24, 2.45) is 5.92 Å². The van der Waals surface area contributed by atoms with Gasteiger partial charge in [0.25, 0.3) is 0 Å². The number of hydrogen-bond donors (Lipinski definition) is 1. The van der Waals surface area contributed by atoms with Gasteiger partial charge in [0.2, 0.25) is 5.91 Å². The third-order valence-corrected chi connectivity index (χ3v) is 7.33. The Labute approximate surface area is 165 Å². The second-order valence-corrected chi connectivity index (χ2v) is 9.11. The maximum atomic E-state index is 12.5. The zero-order valence-corrected chi connectivity index (χ0v) is 16.7. The van der Waals surface area contributed by atoms with Crippen LogP contribution in [0.4, 0.5) is 10.3 Å². The fourth-order valence-corrected chi connectivity index (χ4v) is 5.63. The minimum absolute atomic E-state index is 0.00697. The van der Waals surface area contributed by atoms with Gasteiger partial charge in [-0.2, -0.15) is 0 Å². The smallest absolute Gasteiger partial charge is 0.232 e. The molecule has 27 heavy (non-hydrogen) atoms. The lowest BCUT2D eigenvalue weighted by Crippen LogP contribution is -2.52. The van der Waals surface area contributed by atoms with Crippen molar-refractivity contribution in [1.82, 2.24) is 9.97 Å². The van der Waals surface area contributed by atoms with Crippen LogP contribution < -0.4 is 15.0 Å². The highest BCUT2D eigenvalue weighted by Gasteiger charge is 2.35. The van der Waals surface area contributed by atoms with Gasteiger partial charge in [0.05, 0.1) is 28.9 Å². The number of rotatable bonds is 4. The fraction of sp³-hybridized carbons (Fsp3) is 0.421. The molecule has 1 aromatic carbocycles. The van der Waals surface area contributed by atoms with Crippen LogP contribution >= 0.6 is 22.7 Å². The number of nitrogens with one attached hydrogen (secondary N) is 1. The summed E-state index contributed by atoms with van der Waals surface area (Å²) in [5.41, 5.74) is 2.15. The van der Waals surface area contributed by atoms with Crippen molar-refractivity contribution >= 4 is 49.1 Å². The number of amides is 1. The van der Waals surface area contributed by atoms with E-state index in [-0.39, 0.29) is 11.8 Å². The molecule has 0 saturated carbocycles. The summed E-state index contributed by atoms with van der Waals surface area (Å²) in [6, 6.07) is 5.90. The van der Waals surface area contributed by atoms with Crippen LogP contribution in [0.1, 0.15) is 23.4 Å². The monoisotopic (exact) mass is 400 g/mol. The first-order chi connectivity index (χ1) is 13.2. The van der Waals surface area contributed by atoms with E-state index in [4.69, 9.17) is 4.74 Å². The Bertz CT molecular complexity index is 983. The van der Waals surface area contributed by atoms with E-state index in [0.717, 1.165) is 39.1 Å². The average molecular weight is 401 g/mol. The summed E-state index contributed by atoms with van der Waals surface area (Å²) in [6.07, 6.45) is 4.58. The summed E-state index contributed by atoms with van der Waals surface area (Å²) >= 11 is 3.28. The molecular weight excluding hydrogens is 380 g/mol. The first kappa shape index (κ1) is 16.9. The zero-order chi connectivity index (χ0) is 18.4. The third kappa shape index (κ3) is 3.17. The maximum Gasteiger partial charge on any atom is 0.232 e. The molecule has 3 heterocycles. The summed E-state index contributed by atoms with van der Waals surface area (Å²) in [4.78, 5) is 25.3. The SMILES string of the molecule is COc1ccc2nc(N3CC(C(=O)Nc4nc5c(s4)CCCC5)C3)sc2c1. The number of aromatic nitrogens is 2. The van der Waals surface area contributed by atoms with E-state index in [1.165, 1.54) is 23.4 Å². The fourth-order valence-electron chi connectivity index (χ4n) is 3.57. The van der Waals surface area contributed by atoms with Crippen molar-refractivity contribution in [3.8, 4) is 5.75 Å². The molecule has 0 spiro atoms. The lowest BCUT2D eigenvalue weighted by Gasteiger charge is -2.37. The van der Waals surface area contributed by atoms with Crippen molar-refractivity contribution in [3.05, 3.63) is 28.8 Å². The number of carbonyl (C=O) groups is 1. The van der Waals surface area contributed by atoms with Gasteiger partial charge in [0.15, 0.2) is 10.3 Å². The summed E-state index contributed by atoms with van der Waals surface area (Å²) in [5.74, 6) is 0.900. The normalized spacial score (nSPS) is 16.9. The molecule has 1 fully saturated rings. The molecule has 0 radical (unpaired) electrons. The van der Waals surface area contributed by atoms with Gasteiger partial charge in [-0.25, -0.2) is 9.97 Å². The third-order valence-electron chi connectivity index (χ3n) is 5.18. The average Bonchev–Trinajstić information content (AvgIpc) is 3.22. The van der Waals surface area contributed by atoms with Crippen LogP contribution in [0.3, 0.4) is 0 Å². The molecule has 1 N–H and O–H groups in total. The van der Waals surface area contributed by atoms with Gasteiger partial charge in [-0.3, -0.25) is 4.79 Å². The molecule has 5 rings (SSSR count). The molecule has 0 bridgehead atoms. The van der Waals surface area contributed by atoms with Gasteiger partial charge in [-0.15, -0.1) is 11.3 Å². The van der Waals surface area contributed by atoms with Crippen LogP contribution in [0.2, 0.25) is 0 Å². The van der Waals surface area contributed by atoms with E-state index in [1.54, 1.807) is 29.8 Å². The van der Waals surface area contributed by atoms with E-state index in [2.05, 4.69) is 20.2 Å². The molecule has 1 aliphatic heterocycles. The highest BCUT2D eigenvalue weighted by molar-refractivity contribution is 7.22. The number of carbonyl (C=O) groups excluding carboxylic acids is 1. The van der Waals surface area contributed by atoms with Gasteiger partial charge < -0.3 is 15.0 Å². The molecule has 3 aromatic rings. The van der Waals surface area contributed by atoms with Crippen molar-refractivity contribution in [2.45, 2.75) is 25.7 Å². The second-order valence-electron chi connectivity index (χ2n) is 7.02. The highest BCUT2D eigenvalue weighted by atomic mass is 32.1. The zero-order valence-electron chi connectivity index (χ0n) is 15.0. The Hall–Kier alpha value is -2.19. The van der Waals surface area contributed by atoms with E-state index in [1.807, 2.05) is 18.2 Å². The number of aryl methyl sites for hydroxylation is 2. The number of methoxy groups -OCH3 is 1. The van der Waals surface area contributed by atoms with Crippen molar-refractivity contribution < 1.29 is 9.53 Å². The minimum atomic E-state index is -0.00697. The summed E-state index contributed by atoms with van der Waals surface area (Å²) in [7, 11) is 1.67. The molecule has 1 aliphatic carbocycles. The molecule has 1 amide bonds. The number of ether oxygens (including phenoxy) is 1. The Morgan fingerprint density at radius 2 is 2.07 bits per heavy atom. The quantitative estimate of drug-likeness (QED) is 0.723. The van der Waals surface area contributed by atoms with Gasteiger partial charge in [0.1, 0.15) is 5.75 Å². The maximum absolute atomic E-state index is 12.5. The molecule has 2 aliphatic rings. The van der Waals surface area contributed by atoms with Crippen molar-refractivity contribution in [1.29, 1.82) is 0 Å². The highest BCUT2D eigenvalue weighted by Crippen LogP contribution is 2.35. The predicted octanol–water partition coefficient (Wildman–Crippen LogP) is 3.72. The Kier molecular flexibility index (Phi) is 4.24. The van der Waals surface area contributed by atoms with Crippen LogP contribution in [-0.4, -0.2) is 36.1 Å². The molecular formula is C19H20N4O2S2. The predicted molar refractivity (Wildman–Crippen MR) is 109 cm³/mol. The van der Waals surface area contributed by atoms with E-state index in [0.29, 0.717) is 13.1 Å². The Balaban J connectivity index is 1.22. The first-order valence-corrected chi connectivity index (χ1v) is 10.8. The van der Waals surface area contributed by atoms with Gasteiger partial charge in [-0.1, -0.05) is 11.3 Å². The number of nitrogens with zero attached hydrogens (tertiary/aromatic N) is 3. The van der Waals surface area contributed by atoms with Crippen LogP contribution in [0.15, 0.2) is 18.2 Å². The number of benzene rings is 1. The standard InChI is InChI=1S/C19H20N4O2S2/c1-25-12-6-7-14-16(8-12)27-19(21-14)23-9-11(10-23)17(24)22-18-20-13-4-2-3-5-15(13)26-18/h6-8,11H,2-5,9-10H2,1H3,(H,20,22,24). The summed E-state index contributed by atoms with van der Waals surface area (Å²) < 4.78 is 6.38. The van der Waals surface area contributed by atoms with Crippen LogP contribution in [-0.2, 0) is 17.6 Å². The van der Waals surface area contributed by atoms with E-state index < -0.39 is 0 Å². The summed E-state index contributed by atoms with van der Waals surface area (Å²) in [5, 5.41) is 4.75. The van der Waals surface area contributed by atoms with E-state index >= 15 is 0 Å². The van der Waals surface area contributed by atoms with E-state index in [9.17, 15) is 4.79 Å². The molecule has 6 nitrogen and oxygen atoms in total. The number of anilines is 2. The number of hydrogen-bond acceptors (Lipinski definition) is 7. The molecule has 0 unspecified atom stereocenters. The molecule has 1 saturated heterocycles.